The van der Waals surface area contributed by atoms with Gasteiger partial charge in [0, 0.05) is 18.1 Å². The van der Waals surface area contributed by atoms with E-state index in [0.29, 0.717) is 5.54 Å². The molecule has 2 heteroatoms. The number of nitrogens with zero attached hydrogens (tertiary/aromatic N) is 1. The Morgan fingerprint density at radius 3 is 2.54 bits per heavy atom. The molecular formula is C11H22N2. The van der Waals surface area contributed by atoms with E-state index >= 15 is 0 Å². The van der Waals surface area contributed by atoms with Gasteiger partial charge in [-0.1, -0.05) is 6.42 Å². The van der Waals surface area contributed by atoms with Crippen molar-refractivity contribution in [3.63, 3.8) is 0 Å². The number of nitrogens with two attached hydrogens (primary N) is 1. The molecular weight excluding hydrogens is 160 g/mol. The maximum absolute atomic E-state index is 5.92. The lowest BCUT2D eigenvalue weighted by Crippen LogP contribution is -2.62. The standard InChI is InChI=1S/C11H22N2/c1-10-5-2-3-8-13(10)11(9-12)6-4-7-11/h10H,2-9,12H2,1H3. The molecule has 1 saturated heterocycles. The molecule has 1 saturated carbocycles. The van der Waals surface area contributed by atoms with E-state index in [9.17, 15) is 0 Å². The van der Waals surface area contributed by atoms with Crippen molar-refractivity contribution in [1.29, 1.82) is 0 Å². The number of likely N-dealkylation sites (tertiary alicyclic amines) is 1. The molecule has 1 unspecified atom stereocenters. The van der Waals surface area contributed by atoms with Crippen molar-refractivity contribution in [3.8, 4) is 0 Å². The second-order valence-electron chi connectivity index (χ2n) is 4.82. The summed E-state index contributed by atoms with van der Waals surface area (Å²) in [5.74, 6) is 0. The molecule has 2 nitrogen and oxygen atoms in total. The van der Waals surface area contributed by atoms with Crippen molar-refractivity contribution in [2.75, 3.05) is 13.1 Å². The molecule has 0 spiro atoms. The van der Waals surface area contributed by atoms with E-state index < -0.39 is 0 Å². The van der Waals surface area contributed by atoms with E-state index in [4.69, 9.17) is 5.73 Å². The van der Waals surface area contributed by atoms with Crippen LogP contribution in [0.4, 0.5) is 0 Å². The van der Waals surface area contributed by atoms with Gasteiger partial charge in [0.15, 0.2) is 0 Å². The highest BCUT2D eigenvalue weighted by Gasteiger charge is 2.43. The summed E-state index contributed by atoms with van der Waals surface area (Å²) in [6, 6.07) is 0.776. The second-order valence-corrected chi connectivity index (χ2v) is 4.82. The van der Waals surface area contributed by atoms with Gasteiger partial charge < -0.3 is 5.73 Å². The molecule has 1 heterocycles. The lowest BCUT2D eigenvalue weighted by atomic mass is 9.73. The van der Waals surface area contributed by atoms with Gasteiger partial charge in [0.1, 0.15) is 0 Å². The van der Waals surface area contributed by atoms with Crippen LogP contribution in [0, 0.1) is 0 Å². The molecule has 0 aromatic carbocycles. The highest BCUT2D eigenvalue weighted by atomic mass is 15.2. The van der Waals surface area contributed by atoms with Crippen LogP contribution in [-0.2, 0) is 0 Å². The molecule has 2 fully saturated rings. The lowest BCUT2D eigenvalue weighted by Gasteiger charge is -2.54. The highest BCUT2D eigenvalue weighted by molar-refractivity contribution is 5.01. The van der Waals surface area contributed by atoms with Gasteiger partial charge in [-0.05, 0) is 45.6 Å². The normalized spacial score (nSPS) is 34.2. The van der Waals surface area contributed by atoms with Gasteiger partial charge in [-0.25, -0.2) is 0 Å². The van der Waals surface area contributed by atoms with Crippen LogP contribution in [0.2, 0.25) is 0 Å². The summed E-state index contributed by atoms with van der Waals surface area (Å²) in [6.45, 7) is 4.53. The fourth-order valence-electron chi connectivity index (χ4n) is 3.00. The van der Waals surface area contributed by atoms with Crippen molar-refractivity contribution in [3.05, 3.63) is 0 Å². The first-order chi connectivity index (χ1) is 6.28. The summed E-state index contributed by atoms with van der Waals surface area (Å²) in [5.41, 5.74) is 6.34. The summed E-state index contributed by atoms with van der Waals surface area (Å²) in [5, 5.41) is 0. The van der Waals surface area contributed by atoms with Crippen LogP contribution in [0.5, 0.6) is 0 Å². The van der Waals surface area contributed by atoms with Gasteiger partial charge >= 0.3 is 0 Å². The summed E-state index contributed by atoms with van der Waals surface area (Å²) in [7, 11) is 0. The lowest BCUT2D eigenvalue weighted by molar-refractivity contribution is -0.0232. The van der Waals surface area contributed by atoms with Crippen LogP contribution in [0.1, 0.15) is 45.4 Å². The molecule has 1 aliphatic heterocycles. The molecule has 0 radical (unpaired) electrons. The van der Waals surface area contributed by atoms with E-state index in [2.05, 4.69) is 11.8 Å². The fraction of sp³-hybridized carbons (Fsp3) is 1.00. The van der Waals surface area contributed by atoms with Gasteiger partial charge in [0.25, 0.3) is 0 Å². The van der Waals surface area contributed by atoms with Crippen LogP contribution in [0.3, 0.4) is 0 Å². The Morgan fingerprint density at radius 2 is 2.08 bits per heavy atom. The summed E-state index contributed by atoms with van der Waals surface area (Å²) in [6.07, 6.45) is 8.24. The number of piperidine rings is 1. The molecule has 1 aliphatic carbocycles. The predicted octanol–water partition coefficient (Wildman–Crippen LogP) is 1.74. The third kappa shape index (κ3) is 1.50. The molecule has 76 valence electrons. The van der Waals surface area contributed by atoms with E-state index in [-0.39, 0.29) is 0 Å². The van der Waals surface area contributed by atoms with E-state index in [0.717, 1.165) is 12.6 Å². The number of rotatable bonds is 2. The van der Waals surface area contributed by atoms with E-state index in [1.54, 1.807) is 0 Å². The van der Waals surface area contributed by atoms with Gasteiger partial charge in [0.2, 0.25) is 0 Å². The molecule has 0 amide bonds. The smallest absolute Gasteiger partial charge is 0.0334 e. The van der Waals surface area contributed by atoms with Gasteiger partial charge in [0.05, 0.1) is 0 Å². The van der Waals surface area contributed by atoms with Crippen LogP contribution in [0.25, 0.3) is 0 Å². The zero-order valence-corrected chi connectivity index (χ0v) is 8.76. The fourth-order valence-corrected chi connectivity index (χ4v) is 3.00. The van der Waals surface area contributed by atoms with Crippen molar-refractivity contribution in [1.82, 2.24) is 4.90 Å². The Bertz CT molecular complexity index is 169. The molecule has 2 rings (SSSR count). The average Bonchev–Trinajstić information content (AvgIpc) is 2.07. The Kier molecular flexibility index (Phi) is 2.61. The molecule has 1 atom stereocenters. The summed E-state index contributed by atoms with van der Waals surface area (Å²) in [4.78, 5) is 2.69. The maximum Gasteiger partial charge on any atom is 0.0334 e. The molecule has 2 N–H and O–H groups in total. The average molecular weight is 182 g/mol. The minimum absolute atomic E-state index is 0.417. The van der Waals surface area contributed by atoms with E-state index in [1.807, 2.05) is 0 Å². The largest absolute Gasteiger partial charge is 0.329 e. The van der Waals surface area contributed by atoms with E-state index in [1.165, 1.54) is 45.1 Å². The van der Waals surface area contributed by atoms with Gasteiger partial charge in [-0.15, -0.1) is 0 Å². The van der Waals surface area contributed by atoms with Crippen LogP contribution < -0.4 is 5.73 Å². The monoisotopic (exact) mass is 182 g/mol. The van der Waals surface area contributed by atoms with Crippen LogP contribution in [0.15, 0.2) is 0 Å². The van der Waals surface area contributed by atoms with Gasteiger partial charge in [-0.3, -0.25) is 4.90 Å². The van der Waals surface area contributed by atoms with Crippen molar-refractivity contribution >= 4 is 0 Å². The zero-order valence-electron chi connectivity index (χ0n) is 8.76. The highest BCUT2D eigenvalue weighted by Crippen LogP contribution is 2.40. The Labute approximate surface area is 81.5 Å². The molecule has 13 heavy (non-hydrogen) atoms. The summed E-state index contributed by atoms with van der Waals surface area (Å²) >= 11 is 0. The minimum atomic E-state index is 0.417. The quantitative estimate of drug-likeness (QED) is 0.705. The van der Waals surface area contributed by atoms with Crippen LogP contribution >= 0.6 is 0 Å². The predicted molar refractivity (Wildman–Crippen MR) is 55.7 cm³/mol. The second kappa shape index (κ2) is 3.58. The van der Waals surface area contributed by atoms with Crippen LogP contribution in [-0.4, -0.2) is 29.6 Å². The summed E-state index contributed by atoms with van der Waals surface area (Å²) < 4.78 is 0. The van der Waals surface area contributed by atoms with Crippen molar-refractivity contribution in [2.45, 2.75) is 57.0 Å². The third-order valence-electron chi connectivity index (χ3n) is 4.08. The zero-order chi connectivity index (χ0) is 9.31. The Morgan fingerprint density at radius 1 is 1.31 bits per heavy atom. The molecule has 0 aromatic heterocycles. The first kappa shape index (κ1) is 9.47. The number of hydrogen-bond donors (Lipinski definition) is 1. The molecule has 2 aliphatic rings. The Balaban J connectivity index is 2.03. The molecule has 0 aromatic rings. The van der Waals surface area contributed by atoms with Gasteiger partial charge in [-0.2, -0.15) is 0 Å². The molecule has 0 bridgehead atoms. The first-order valence-corrected chi connectivity index (χ1v) is 5.75. The SMILES string of the molecule is CC1CCCCN1C1(CN)CCC1. The maximum atomic E-state index is 5.92. The minimum Gasteiger partial charge on any atom is -0.329 e. The number of hydrogen-bond acceptors (Lipinski definition) is 2. The van der Waals surface area contributed by atoms with Crippen molar-refractivity contribution < 1.29 is 0 Å². The Hall–Kier alpha value is -0.0800. The van der Waals surface area contributed by atoms with Crippen molar-refractivity contribution in [2.24, 2.45) is 5.73 Å². The topological polar surface area (TPSA) is 29.3 Å². The first-order valence-electron chi connectivity index (χ1n) is 5.75. The third-order valence-corrected chi connectivity index (χ3v) is 4.08.